The molecule has 0 saturated heterocycles. The average molecular weight is 291 g/mol. The molecule has 0 heterocycles. The van der Waals surface area contributed by atoms with Crippen molar-refractivity contribution in [2.75, 3.05) is 6.61 Å². The van der Waals surface area contributed by atoms with E-state index in [2.05, 4.69) is 4.72 Å². The maximum absolute atomic E-state index is 13.1. The van der Waals surface area contributed by atoms with E-state index in [1.54, 1.807) is 0 Å². The largest absolute Gasteiger partial charge is 0.396 e. The van der Waals surface area contributed by atoms with Crippen LogP contribution in [0.4, 0.5) is 8.78 Å². The van der Waals surface area contributed by atoms with Crippen molar-refractivity contribution >= 4 is 10.0 Å². The number of rotatable bonds is 4. The van der Waals surface area contributed by atoms with Crippen molar-refractivity contribution in [3.05, 3.63) is 29.8 Å². The second-order valence-corrected chi connectivity index (χ2v) is 6.39. The molecule has 1 aromatic carbocycles. The van der Waals surface area contributed by atoms with Crippen LogP contribution in [0.25, 0.3) is 0 Å². The lowest BCUT2D eigenvalue weighted by atomic mass is 10.1. The first-order valence-electron chi connectivity index (χ1n) is 6.02. The lowest BCUT2D eigenvalue weighted by Gasteiger charge is -2.19. The summed E-state index contributed by atoms with van der Waals surface area (Å²) in [5.41, 5.74) is 0. The Bertz CT molecular complexity index is 562. The highest BCUT2D eigenvalue weighted by molar-refractivity contribution is 7.89. The zero-order chi connectivity index (χ0) is 14.0. The predicted molar refractivity (Wildman–Crippen MR) is 64.9 cm³/mol. The van der Waals surface area contributed by atoms with Crippen LogP contribution in [-0.2, 0) is 10.0 Å². The number of aliphatic hydroxyl groups excluding tert-OH is 1. The third-order valence-corrected chi connectivity index (χ3v) is 4.89. The molecule has 0 bridgehead atoms. The van der Waals surface area contributed by atoms with Gasteiger partial charge in [-0.05, 0) is 37.0 Å². The van der Waals surface area contributed by atoms with E-state index in [4.69, 9.17) is 5.11 Å². The fourth-order valence-electron chi connectivity index (χ4n) is 2.32. The molecule has 106 valence electrons. The molecule has 0 spiro atoms. The molecule has 1 aliphatic carbocycles. The van der Waals surface area contributed by atoms with Gasteiger partial charge in [-0.1, -0.05) is 6.42 Å². The van der Waals surface area contributed by atoms with Crippen LogP contribution >= 0.6 is 0 Å². The third kappa shape index (κ3) is 3.10. The molecule has 1 aliphatic rings. The van der Waals surface area contributed by atoms with Crippen molar-refractivity contribution < 1.29 is 22.3 Å². The molecule has 1 fully saturated rings. The second kappa shape index (κ2) is 5.52. The summed E-state index contributed by atoms with van der Waals surface area (Å²) >= 11 is 0. The van der Waals surface area contributed by atoms with Crippen LogP contribution in [0, 0.1) is 17.6 Å². The first-order valence-corrected chi connectivity index (χ1v) is 7.50. The minimum atomic E-state index is -3.89. The standard InChI is InChI=1S/C12H15F2NO3S/c13-10-5-4-9(6-11(10)14)19(17,18)15-12-3-1-2-8(12)7-16/h4-6,8,12,15-16H,1-3,7H2. The van der Waals surface area contributed by atoms with Gasteiger partial charge in [0.1, 0.15) is 0 Å². The molecule has 1 saturated carbocycles. The molecule has 0 aliphatic heterocycles. The van der Waals surface area contributed by atoms with Crippen LogP contribution in [0.15, 0.2) is 23.1 Å². The van der Waals surface area contributed by atoms with Gasteiger partial charge < -0.3 is 5.11 Å². The fourth-order valence-corrected chi connectivity index (χ4v) is 3.67. The van der Waals surface area contributed by atoms with Crippen LogP contribution in [-0.4, -0.2) is 26.2 Å². The van der Waals surface area contributed by atoms with Crippen LogP contribution in [0.1, 0.15) is 19.3 Å². The molecule has 4 nitrogen and oxygen atoms in total. The van der Waals surface area contributed by atoms with Crippen molar-refractivity contribution in [3.8, 4) is 0 Å². The average Bonchev–Trinajstić information content (AvgIpc) is 2.79. The maximum atomic E-state index is 13.1. The van der Waals surface area contributed by atoms with Crippen LogP contribution < -0.4 is 4.72 Å². The Labute approximate surface area is 110 Å². The van der Waals surface area contributed by atoms with E-state index in [1.165, 1.54) is 0 Å². The maximum Gasteiger partial charge on any atom is 0.240 e. The van der Waals surface area contributed by atoms with E-state index in [0.717, 1.165) is 25.0 Å². The molecule has 7 heteroatoms. The summed E-state index contributed by atoms with van der Waals surface area (Å²) in [6.45, 7) is -0.0923. The SMILES string of the molecule is O=S(=O)(NC1CCCC1CO)c1ccc(F)c(F)c1. The second-order valence-electron chi connectivity index (χ2n) is 4.68. The van der Waals surface area contributed by atoms with Gasteiger partial charge >= 0.3 is 0 Å². The van der Waals surface area contributed by atoms with Gasteiger partial charge in [0, 0.05) is 12.6 Å². The van der Waals surface area contributed by atoms with E-state index in [9.17, 15) is 17.2 Å². The van der Waals surface area contributed by atoms with Crippen molar-refractivity contribution in [1.29, 1.82) is 0 Å². The molecule has 0 amide bonds. The summed E-state index contributed by atoms with van der Waals surface area (Å²) in [6, 6.07) is 2.09. The van der Waals surface area contributed by atoms with E-state index in [0.29, 0.717) is 12.5 Å². The van der Waals surface area contributed by atoms with Gasteiger partial charge in [0.05, 0.1) is 4.90 Å². The number of aliphatic hydroxyl groups is 1. The third-order valence-electron chi connectivity index (χ3n) is 3.40. The van der Waals surface area contributed by atoms with Crippen LogP contribution in [0.2, 0.25) is 0 Å². The Hall–Kier alpha value is -1.05. The zero-order valence-corrected chi connectivity index (χ0v) is 11.0. The Morgan fingerprint density at radius 2 is 2.00 bits per heavy atom. The summed E-state index contributed by atoms with van der Waals surface area (Å²) < 4.78 is 52.3. The van der Waals surface area contributed by atoms with E-state index in [-0.39, 0.29) is 23.5 Å². The molecule has 2 rings (SSSR count). The summed E-state index contributed by atoms with van der Waals surface area (Å²) in [5.74, 6) is -2.42. The summed E-state index contributed by atoms with van der Waals surface area (Å²) in [5, 5.41) is 9.14. The van der Waals surface area contributed by atoms with Crippen LogP contribution in [0.5, 0.6) is 0 Å². The summed E-state index contributed by atoms with van der Waals surface area (Å²) in [7, 11) is -3.89. The number of hydrogen-bond acceptors (Lipinski definition) is 3. The van der Waals surface area contributed by atoms with E-state index < -0.39 is 21.7 Å². The minimum Gasteiger partial charge on any atom is -0.396 e. The number of sulfonamides is 1. The normalized spacial score (nSPS) is 23.7. The monoisotopic (exact) mass is 291 g/mol. The molecule has 0 radical (unpaired) electrons. The lowest BCUT2D eigenvalue weighted by Crippen LogP contribution is -2.38. The number of nitrogens with one attached hydrogen (secondary N) is 1. The lowest BCUT2D eigenvalue weighted by molar-refractivity contribution is 0.213. The van der Waals surface area contributed by atoms with Gasteiger partial charge in [-0.3, -0.25) is 0 Å². The van der Waals surface area contributed by atoms with Crippen molar-refractivity contribution in [2.24, 2.45) is 5.92 Å². The zero-order valence-electron chi connectivity index (χ0n) is 10.1. The summed E-state index contributed by atoms with van der Waals surface area (Å²) in [4.78, 5) is -0.310. The molecular formula is C12H15F2NO3S. The Balaban J connectivity index is 2.20. The van der Waals surface area contributed by atoms with Gasteiger partial charge in [0.15, 0.2) is 11.6 Å². The van der Waals surface area contributed by atoms with E-state index >= 15 is 0 Å². The molecule has 0 aromatic heterocycles. The Kier molecular flexibility index (Phi) is 4.17. The highest BCUT2D eigenvalue weighted by atomic mass is 32.2. The number of hydrogen-bond donors (Lipinski definition) is 2. The Morgan fingerprint density at radius 3 is 2.63 bits per heavy atom. The number of halogens is 2. The molecule has 2 atom stereocenters. The van der Waals surface area contributed by atoms with Gasteiger partial charge in [-0.15, -0.1) is 0 Å². The fraction of sp³-hybridized carbons (Fsp3) is 0.500. The van der Waals surface area contributed by atoms with Gasteiger partial charge in [-0.2, -0.15) is 0 Å². The minimum absolute atomic E-state index is 0.0923. The van der Waals surface area contributed by atoms with Gasteiger partial charge in [-0.25, -0.2) is 21.9 Å². The number of benzene rings is 1. The highest BCUT2D eigenvalue weighted by Gasteiger charge is 2.31. The quantitative estimate of drug-likeness (QED) is 0.881. The molecule has 2 N–H and O–H groups in total. The van der Waals surface area contributed by atoms with Crippen molar-refractivity contribution in [1.82, 2.24) is 4.72 Å². The van der Waals surface area contributed by atoms with Gasteiger partial charge in [0.2, 0.25) is 10.0 Å². The molecule has 2 unspecified atom stereocenters. The molecular weight excluding hydrogens is 276 g/mol. The highest BCUT2D eigenvalue weighted by Crippen LogP contribution is 2.26. The first-order chi connectivity index (χ1) is 8.94. The Morgan fingerprint density at radius 1 is 1.26 bits per heavy atom. The van der Waals surface area contributed by atoms with Gasteiger partial charge in [0.25, 0.3) is 0 Å². The van der Waals surface area contributed by atoms with Crippen molar-refractivity contribution in [2.45, 2.75) is 30.2 Å². The van der Waals surface area contributed by atoms with Crippen molar-refractivity contribution in [3.63, 3.8) is 0 Å². The smallest absolute Gasteiger partial charge is 0.240 e. The summed E-state index contributed by atoms with van der Waals surface area (Å²) in [6.07, 6.45) is 2.21. The molecule has 1 aromatic rings. The first kappa shape index (κ1) is 14.4. The topological polar surface area (TPSA) is 66.4 Å². The molecule has 19 heavy (non-hydrogen) atoms. The van der Waals surface area contributed by atoms with E-state index in [1.807, 2.05) is 0 Å². The predicted octanol–water partition coefficient (Wildman–Crippen LogP) is 1.40. The van der Waals surface area contributed by atoms with Crippen LogP contribution in [0.3, 0.4) is 0 Å².